The Hall–Kier alpha value is -4.95. The summed E-state index contributed by atoms with van der Waals surface area (Å²) in [6.07, 6.45) is 1.22. The van der Waals surface area contributed by atoms with Gasteiger partial charge in [-0.3, -0.25) is 0 Å². The lowest BCUT2D eigenvalue weighted by Gasteiger charge is -2.04. The molecule has 318 valence electrons. The molecule has 0 atom stereocenters. The van der Waals surface area contributed by atoms with Crippen LogP contribution in [0.5, 0.6) is 0 Å². The van der Waals surface area contributed by atoms with Crippen LogP contribution in [0.2, 0.25) is 0 Å². The third-order valence-electron chi connectivity index (χ3n) is 8.88. The molecule has 0 aliphatic heterocycles. The first kappa shape index (κ1) is 52.1. The number of nitrogens with two attached hydrogens (primary N) is 2. The lowest BCUT2D eigenvalue weighted by molar-refractivity contribution is 0.587. The van der Waals surface area contributed by atoms with E-state index in [1.165, 1.54) is 52.8 Å². The lowest BCUT2D eigenvalue weighted by Crippen LogP contribution is -2.19. The molecule has 0 unspecified atom stereocenters. The molecule has 0 spiro atoms. The van der Waals surface area contributed by atoms with E-state index < -0.39 is 29.9 Å². The van der Waals surface area contributed by atoms with E-state index in [4.69, 9.17) is 10.9 Å². The summed E-state index contributed by atoms with van der Waals surface area (Å²) in [6, 6.07) is 45.3. The van der Waals surface area contributed by atoms with E-state index >= 15 is 0 Å². The highest BCUT2D eigenvalue weighted by Gasteiger charge is 2.12. The van der Waals surface area contributed by atoms with Crippen LogP contribution in [0.4, 0.5) is 0 Å². The number of aryl methyl sites for hydroxylation is 8. The number of hydrogen-bond acceptors (Lipinski definition) is 7. The summed E-state index contributed by atoms with van der Waals surface area (Å²) in [7, 11) is -8.44. The maximum absolute atomic E-state index is 11.3. The molecule has 6 rings (SSSR count). The zero-order chi connectivity index (χ0) is 44.8. The number of hydrogen-bond donors (Lipinski definition) is 3. The SMILES string of the molecule is CNS(=O)(=O)c1ccccc1C.Cc1ccccc1C.Cc1ccccc1C.Cc1ccccc1CN.Cc1ccccc1S(C)(=O)=O.Cc1ccccc1S(N)(=O)=O. The van der Waals surface area contributed by atoms with Crippen molar-refractivity contribution in [1.82, 2.24) is 4.72 Å². The van der Waals surface area contributed by atoms with Gasteiger partial charge in [0.15, 0.2) is 9.84 Å². The Morgan fingerprint density at radius 3 is 0.881 bits per heavy atom. The summed E-state index contributed by atoms with van der Waals surface area (Å²) < 4.78 is 68.7. The van der Waals surface area contributed by atoms with Crippen LogP contribution in [0.1, 0.15) is 50.1 Å². The van der Waals surface area contributed by atoms with E-state index in [2.05, 4.69) is 100 Å². The number of primary sulfonamides is 1. The van der Waals surface area contributed by atoms with Gasteiger partial charge in [-0.15, -0.1) is 0 Å². The number of rotatable bonds is 5. The van der Waals surface area contributed by atoms with Gasteiger partial charge >= 0.3 is 0 Å². The molecule has 12 heteroatoms. The maximum atomic E-state index is 11.3. The summed E-state index contributed by atoms with van der Waals surface area (Å²) in [5.74, 6) is 0. The van der Waals surface area contributed by atoms with Crippen molar-refractivity contribution in [2.45, 2.75) is 76.6 Å². The molecule has 0 aliphatic rings. The Morgan fingerprint density at radius 1 is 0.407 bits per heavy atom. The number of nitrogens with one attached hydrogen (secondary N) is 1. The van der Waals surface area contributed by atoms with Gasteiger partial charge in [0.25, 0.3) is 0 Å². The number of sulfonamides is 2. The summed E-state index contributed by atoms with van der Waals surface area (Å²) in [6.45, 7) is 16.5. The minimum atomic E-state index is -3.53. The summed E-state index contributed by atoms with van der Waals surface area (Å²) >= 11 is 0. The summed E-state index contributed by atoms with van der Waals surface area (Å²) in [5.41, 5.74) is 15.7. The van der Waals surface area contributed by atoms with Gasteiger partial charge in [0.05, 0.1) is 14.7 Å². The van der Waals surface area contributed by atoms with Gasteiger partial charge in [-0.1, -0.05) is 127 Å². The van der Waals surface area contributed by atoms with E-state index in [0.29, 0.717) is 21.9 Å². The van der Waals surface area contributed by atoms with E-state index in [-0.39, 0.29) is 4.90 Å². The Bertz CT molecular complexity index is 2380. The fourth-order valence-electron chi connectivity index (χ4n) is 4.98. The minimum Gasteiger partial charge on any atom is -0.326 e. The molecule has 0 bridgehead atoms. The Kier molecular flexibility index (Phi) is 22.5. The fourth-order valence-corrected chi connectivity index (χ4v) is 7.71. The third-order valence-corrected chi connectivity index (χ3v) is 12.8. The standard InChI is InChI=1S/C8H11NO2S.C8H11N.C8H10O2S.2C8H10.C7H9NO2S/c1-7-5-3-4-6-8(7)12(10,11)9-2;1-7-4-2-3-5-8(7)6-9;1-7-5-3-4-6-8(7)11(2,9)10;2*1-7-5-3-4-6-8(7)2;1-6-4-2-3-5-7(6)11(8,9)10/h3-6,9H,1-2H3;2-5H,6,9H2,1H3;3-6H,1-2H3;2*3-6H,1-2H3;2-5H,1H3,(H2,8,9,10). The van der Waals surface area contributed by atoms with E-state index in [9.17, 15) is 25.3 Å². The predicted octanol–water partition coefficient (Wildman–Crippen LogP) is 9.00. The quantitative estimate of drug-likeness (QED) is 0.156. The molecule has 0 fully saturated rings. The second-order valence-corrected chi connectivity index (χ2v) is 19.0. The molecule has 0 heterocycles. The molecule has 0 aliphatic carbocycles. The van der Waals surface area contributed by atoms with E-state index in [1.807, 2.05) is 24.3 Å². The number of sulfone groups is 1. The smallest absolute Gasteiger partial charge is 0.240 e. The van der Waals surface area contributed by atoms with Crippen molar-refractivity contribution in [3.8, 4) is 0 Å². The molecule has 0 radical (unpaired) electrons. The predicted molar refractivity (Wildman–Crippen MR) is 245 cm³/mol. The van der Waals surface area contributed by atoms with Gasteiger partial charge in [-0.25, -0.2) is 35.1 Å². The van der Waals surface area contributed by atoms with Gasteiger partial charge in [0, 0.05) is 12.8 Å². The highest BCUT2D eigenvalue weighted by atomic mass is 32.2. The van der Waals surface area contributed by atoms with Crippen LogP contribution in [0.3, 0.4) is 0 Å². The molecule has 9 nitrogen and oxygen atoms in total. The van der Waals surface area contributed by atoms with Crippen LogP contribution in [0.15, 0.2) is 160 Å². The molecule has 6 aromatic rings. The molecule has 6 aromatic carbocycles. The second-order valence-electron chi connectivity index (χ2n) is 13.6. The fraction of sp³-hybridized carbons (Fsp3) is 0.234. The molecular weight excluding hydrogens is 799 g/mol. The highest BCUT2D eigenvalue weighted by Crippen LogP contribution is 2.14. The van der Waals surface area contributed by atoms with Crippen LogP contribution in [-0.2, 0) is 36.4 Å². The van der Waals surface area contributed by atoms with Crippen molar-refractivity contribution in [3.63, 3.8) is 0 Å². The van der Waals surface area contributed by atoms with Crippen LogP contribution in [0.25, 0.3) is 0 Å². The number of benzene rings is 6. The van der Waals surface area contributed by atoms with Gasteiger partial charge in [0.1, 0.15) is 0 Å². The van der Waals surface area contributed by atoms with Crippen molar-refractivity contribution in [3.05, 3.63) is 196 Å². The Balaban J connectivity index is 0.000000356. The van der Waals surface area contributed by atoms with Crippen molar-refractivity contribution < 1.29 is 25.3 Å². The molecular formula is C47H61N3O6S3. The van der Waals surface area contributed by atoms with Crippen molar-refractivity contribution in [1.29, 1.82) is 0 Å². The molecule has 59 heavy (non-hydrogen) atoms. The highest BCUT2D eigenvalue weighted by molar-refractivity contribution is 7.90. The van der Waals surface area contributed by atoms with Crippen LogP contribution in [-0.4, -0.2) is 38.6 Å². The van der Waals surface area contributed by atoms with E-state index in [1.54, 1.807) is 75.4 Å². The first-order valence-electron chi connectivity index (χ1n) is 18.7. The van der Waals surface area contributed by atoms with Gasteiger partial charge < -0.3 is 5.73 Å². The summed E-state index contributed by atoms with van der Waals surface area (Å²) in [5, 5.41) is 4.93. The van der Waals surface area contributed by atoms with Crippen molar-refractivity contribution in [2.75, 3.05) is 13.3 Å². The van der Waals surface area contributed by atoms with Crippen LogP contribution < -0.4 is 15.6 Å². The molecule has 0 amide bonds. The van der Waals surface area contributed by atoms with Crippen LogP contribution in [0, 0.1) is 55.4 Å². The topological polar surface area (TPSA) is 166 Å². The normalized spacial score (nSPS) is 10.6. The maximum Gasteiger partial charge on any atom is 0.240 e. The van der Waals surface area contributed by atoms with Crippen molar-refractivity contribution in [2.24, 2.45) is 10.9 Å². The molecule has 0 saturated heterocycles. The van der Waals surface area contributed by atoms with E-state index in [0.717, 1.165) is 11.1 Å². The average molecular weight is 860 g/mol. The first-order valence-corrected chi connectivity index (χ1v) is 23.6. The minimum absolute atomic E-state index is 0.194. The monoisotopic (exact) mass is 859 g/mol. The molecule has 0 saturated carbocycles. The van der Waals surface area contributed by atoms with Crippen LogP contribution >= 0.6 is 0 Å². The zero-order valence-electron chi connectivity index (χ0n) is 35.9. The Morgan fingerprint density at radius 2 is 0.678 bits per heavy atom. The third kappa shape index (κ3) is 19.6. The summed E-state index contributed by atoms with van der Waals surface area (Å²) in [4.78, 5) is 0.951. The van der Waals surface area contributed by atoms with Gasteiger partial charge in [-0.05, 0) is 131 Å². The van der Waals surface area contributed by atoms with Gasteiger partial charge in [-0.2, -0.15) is 0 Å². The molecule has 5 N–H and O–H groups in total. The first-order chi connectivity index (χ1) is 27.6. The van der Waals surface area contributed by atoms with Crippen molar-refractivity contribution >= 4 is 29.9 Å². The second kappa shape index (κ2) is 25.5. The Labute approximate surface area is 354 Å². The lowest BCUT2D eigenvalue weighted by atomic mass is 10.1. The largest absolute Gasteiger partial charge is 0.326 e. The van der Waals surface area contributed by atoms with Gasteiger partial charge in [0.2, 0.25) is 20.0 Å². The molecule has 0 aromatic heterocycles. The zero-order valence-corrected chi connectivity index (χ0v) is 38.3. The average Bonchev–Trinajstić information content (AvgIpc) is 3.18.